The summed E-state index contributed by atoms with van der Waals surface area (Å²) in [5.74, 6) is 0. The zero-order chi connectivity index (χ0) is 21.8. The van der Waals surface area contributed by atoms with E-state index in [1.54, 1.807) is 0 Å². The smallest absolute Gasteiger partial charge is 0.101 e. The highest BCUT2D eigenvalue weighted by Crippen LogP contribution is 2.06. The third kappa shape index (κ3) is 21.9. The average molecular weight is 415 g/mol. The van der Waals surface area contributed by atoms with Crippen LogP contribution in [-0.2, 0) is 9.47 Å². The van der Waals surface area contributed by atoms with Crippen LogP contribution in [0.3, 0.4) is 0 Å². The van der Waals surface area contributed by atoms with Crippen molar-refractivity contribution >= 4 is 0 Å². The van der Waals surface area contributed by atoms with Crippen LogP contribution in [0.2, 0.25) is 0 Å². The Bertz CT molecular complexity index is 297. The Balaban J connectivity index is 0. The summed E-state index contributed by atoms with van der Waals surface area (Å²) in [5, 5.41) is 62.8. The molecule has 0 aliphatic carbocycles. The van der Waals surface area contributed by atoms with Crippen molar-refractivity contribution in [1.82, 2.24) is 0 Å². The summed E-state index contributed by atoms with van der Waals surface area (Å²) in [6.07, 6.45) is 1.53. The molecule has 0 bridgehead atoms. The van der Waals surface area contributed by atoms with Crippen molar-refractivity contribution in [3.8, 4) is 0 Å². The Kier molecular flexibility index (Phi) is 22.8. The zero-order valence-corrected chi connectivity index (χ0v) is 17.3. The summed E-state index contributed by atoms with van der Waals surface area (Å²) >= 11 is 0. The summed E-state index contributed by atoms with van der Waals surface area (Å²) in [4.78, 5) is 0. The molecule has 172 valence electrons. The lowest BCUT2D eigenvalue weighted by atomic mass is 10.1. The molecule has 0 heterocycles. The molecule has 0 saturated heterocycles. The van der Waals surface area contributed by atoms with Gasteiger partial charge in [-0.05, 0) is 44.9 Å². The van der Waals surface area contributed by atoms with Crippen LogP contribution in [0.4, 0.5) is 0 Å². The monoisotopic (exact) mass is 414 g/mol. The van der Waals surface area contributed by atoms with Gasteiger partial charge < -0.3 is 45.2 Å². The standard InChI is InChI=1S/C11H24O6.C8H18O3/c1-16-6-11(15)8-17-7-10(14)4-2-3-9(13)5-12;1-2-7(10)4-3-5-8(11)6-9/h9-15H,2-8H2,1H3;7-11H,2-6H2,1H3. The van der Waals surface area contributed by atoms with Gasteiger partial charge in [0.2, 0.25) is 0 Å². The van der Waals surface area contributed by atoms with E-state index in [0.29, 0.717) is 32.1 Å². The maximum Gasteiger partial charge on any atom is 0.101 e. The molecular formula is C19H42O9. The number of ether oxygens (including phenoxy) is 2. The van der Waals surface area contributed by atoms with Gasteiger partial charge in [0, 0.05) is 7.11 Å². The highest BCUT2D eigenvalue weighted by Gasteiger charge is 2.09. The third-order valence-electron chi connectivity index (χ3n) is 4.02. The van der Waals surface area contributed by atoms with E-state index in [1.807, 2.05) is 6.92 Å². The van der Waals surface area contributed by atoms with Crippen LogP contribution in [-0.4, -0.2) is 106 Å². The molecule has 0 aromatic rings. The van der Waals surface area contributed by atoms with Crippen LogP contribution in [0, 0.1) is 0 Å². The highest BCUT2D eigenvalue weighted by atomic mass is 16.5. The lowest BCUT2D eigenvalue weighted by molar-refractivity contribution is -0.0336. The fourth-order valence-electron chi connectivity index (χ4n) is 2.23. The Morgan fingerprint density at radius 2 is 1.04 bits per heavy atom. The van der Waals surface area contributed by atoms with Crippen LogP contribution in [0.25, 0.3) is 0 Å². The van der Waals surface area contributed by atoms with E-state index in [0.717, 1.165) is 12.8 Å². The minimum Gasteiger partial charge on any atom is -0.394 e. The molecule has 0 aliphatic heterocycles. The van der Waals surface area contributed by atoms with E-state index in [9.17, 15) is 10.2 Å². The lowest BCUT2D eigenvalue weighted by Crippen LogP contribution is -2.24. The molecule has 0 fully saturated rings. The minimum atomic E-state index is -0.716. The summed E-state index contributed by atoms with van der Waals surface area (Å²) in [7, 11) is 1.49. The van der Waals surface area contributed by atoms with E-state index in [-0.39, 0.29) is 39.1 Å². The van der Waals surface area contributed by atoms with Gasteiger partial charge in [0.1, 0.15) is 6.10 Å². The molecule has 28 heavy (non-hydrogen) atoms. The summed E-state index contributed by atoms with van der Waals surface area (Å²) in [5.41, 5.74) is 0. The van der Waals surface area contributed by atoms with Crippen molar-refractivity contribution in [3.05, 3.63) is 0 Å². The molecular weight excluding hydrogens is 372 g/mol. The van der Waals surface area contributed by atoms with Crippen molar-refractivity contribution in [2.75, 3.05) is 40.1 Å². The molecule has 5 unspecified atom stereocenters. The first kappa shape index (κ1) is 29.8. The van der Waals surface area contributed by atoms with Gasteiger partial charge in [-0.15, -0.1) is 0 Å². The molecule has 7 N–H and O–H groups in total. The Hall–Kier alpha value is -0.360. The fraction of sp³-hybridized carbons (Fsp3) is 1.00. The van der Waals surface area contributed by atoms with E-state index in [4.69, 9.17) is 35.0 Å². The lowest BCUT2D eigenvalue weighted by Gasteiger charge is -2.14. The molecule has 0 radical (unpaired) electrons. The topological polar surface area (TPSA) is 160 Å². The van der Waals surface area contributed by atoms with Gasteiger partial charge in [0.25, 0.3) is 0 Å². The van der Waals surface area contributed by atoms with Crippen molar-refractivity contribution < 1.29 is 45.2 Å². The molecule has 0 saturated carbocycles. The number of aliphatic hydroxyl groups excluding tert-OH is 7. The van der Waals surface area contributed by atoms with Crippen molar-refractivity contribution in [2.24, 2.45) is 0 Å². The van der Waals surface area contributed by atoms with Gasteiger partial charge in [-0.25, -0.2) is 0 Å². The molecule has 0 aromatic heterocycles. The number of hydrogen-bond acceptors (Lipinski definition) is 9. The summed E-state index contributed by atoms with van der Waals surface area (Å²) in [6.45, 7) is 1.98. The first-order valence-corrected chi connectivity index (χ1v) is 9.99. The molecule has 0 aliphatic rings. The second-order valence-electron chi connectivity index (χ2n) is 6.90. The molecule has 0 rings (SSSR count). The highest BCUT2D eigenvalue weighted by molar-refractivity contribution is 4.60. The van der Waals surface area contributed by atoms with Gasteiger partial charge in [0.15, 0.2) is 0 Å². The summed E-state index contributed by atoms with van der Waals surface area (Å²) in [6, 6.07) is 0. The van der Waals surface area contributed by atoms with Crippen LogP contribution < -0.4 is 0 Å². The molecule has 0 amide bonds. The second kappa shape index (κ2) is 21.4. The Morgan fingerprint density at radius 1 is 0.607 bits per heavy atom. The van der Waals surface area contributed by atoms with Crippen LogP contribution in [0.1, 0.15) is 51.9 Å². The quantitative estimate of drug-likeness (QED) is 0.161. The van der Waals surface area contributed by atoms with E-state index in [2.05, 4.69) is 0 Å². The Labute approximate surface area is 168 Å². The number of aliphatic hydroxyl groups is 7. The first-order chi connectivity index (χ1) is 13.3. The van der Waals surface area contributed by atoms with E-state index < -0.39 is 24.4 Å². The van der Waals surface area contributed by atoms with Gasteiger partial charge in [0.05, 0.1) is 57.5 Å². The average Bonchev–Trinajstić information content (AvgIpc) is 2.68. The van der Waals surface area contributed by atoms with Crippen LogP contribution in [0.5, 0.6) is 0 Å². The molecule has 0 aromatic carbocycles. The SMILES string of the molecule is CCC(O)CCCC(O)CO.COCC(O)COCC(O)CCCC(O)CO. The fourth-order valence-corrected chi connectivity index (χ4v) is 2.23. The second-order valence-corrected chi connectivity index (χ2v) is 6.90. The summed E-state index contributed by atoms with van der Waals surface area (Å²) < 4.78 is 9.82. The maximum atomic E-state index is 9.50. The largest absolute Gasteiger partial charge is 0.394 e. The molecule has 5 atom stereocenters. The maximum absolute atomic E-state index is 9.50. The predicted molar refractivity (Wildman–Crippen MR) is 105 cm³/mol. The van der Waals surface area contributed by atoms with E-state index in [1.165, 1.54) is 7.11 Å². The first-order valence-electron chi connectivity index (χ1n) is 9.99. The van der Waals surface area contributed by atoms with Crippen LogP contribution in [0.15, 0.2) is 0 Å². The zero-order valence-electron chi connectivity index (χ0n) is 17.3. The number of methoxy groups -OCH3 is 1. The van der Waals surface area contributed by atoms with Crippen molar-refractivity contribution in [2.45, 2.75) is 82.4 Å². The molecule has 9 heteroatoms. The van der Waals surface area contributed by atoms with Gasteiger partial charge in [-0.1, -0.05) is 6.92 Å². The Morgan fingerprint density at radius 3 is 1.46 bits per heavy atom. The number of hydrogen-bond donors (Lipinski definition) is 7. The molecule has 9 nitrogen and oxygen atoms in total. The van der Waals surface area contributed by atoms with Gasteiger partial charge in [-0.3, -0.25) is 0 Å². The minimum absolute atomic E-state index is 0.129. The van der Waals surface area contributed by atoms with Crippen molar-refractivity contribution in [3.63, 3.8) is 0 Å². The van der Waals surface area contributed by atoms with Crippen LogP contribution >= 0.6 is 0 Å². The normalized spacial score (nSPS) is 16.6. The number of rotatable bonds is 17. The molecule has 0 spiro atoms. The third-order valence-corrected chi connectivity index (χ3v) is 4.02. The predicted octanol–water partition coefficient (Wildman–Crippen LogP) is -0.824. The van der Waals surface area contributed by atoms with E-state index >= 15 is 0 Å². The van der Waals surface area contributed by atoms with Gasteiger partial charge in [-0.2, -0.15) is 0 Å². The van der Waals surface area contributed by atoms with Crippen molar-refractivity contribution in [1.29, 1.82) is 0 Å². The van der Waals surface area contributed by atoms with Gasteiger partial charge >= 0.3 is 0 Å².